The van der Waals surface area contributed by atoms with Crippen LogP contribution >= 0.6 is 0 Å². The first-order valence-corrected chi connectivity index (χ1v) is 6.54. The zero-order valence-electron chi connectivity index (χ0n) is 11.4. The maximum Gasteiger partial charge on any atom is -0.0122 e. The summed E-state index contributed by atoms with van der Waals surface area (Å²) in [6.45, 7) is 6.59. The smallest absolute Gasteiger partial charge is 0.0122 e. The standard InChI is InChI=1S/C18H20/c1-4-15(3)18(16-10-6-5-7-11-16)17-12-8-9-14(2)13-17/h5-13H,4H2,1-3H3. The van der Waals surface area contributed by atoms with Crippen LogP contribution in [-0.4, -0.2) is 0 Å². The molecule has 0 fully saturated rings. The van der Waals surface area contributed by atoms with E-state index in [9.17, 15) is 0 Å². The predicted molar refractivity (Wildman–Crippen MR) is 79.6 cm³/mol. The Morgan fingerprint density at radius 1 is 0.889 bits per heavy atom. The SMILES string of the molecule is CCC(C)=C(c1ccccc1)c1cccc(C)c1. The minimum atomic E-state index is 1.08. The van der Waals surface area contributed by atoms with Crippen molar-refractivity contribution >= 4 is 5.57 Å². The van der Waals surface area contributed by atoms with E-state index in [1.807, 2.05) is 0 Å². The number of benzene rings is 2. The molecule has 0 atom stereocenters. The summed E-state index contributed by atoms with van der Waals surface area (Å²) in [4.78, 5) is 0. The zero-order chi connectivity index (χ0) is 13.0. The third-order valence-corrected chi connectivity index (χ3v) is 3.33. The fraction of sp³-hybridized carbons (Fsp3) is 0.222. The summed E-state index contributed by atoms with van der Waals surface area (Å²) < 4.78 is 0. The highest BCUT2D eigenvalue weighted by molar-refractivity contribution is 5.82. The molecule has 0 heterocycles. The number of allylic oxidation sites excluding steroid dienone is 1. The van der Waals surface area contributed by atoms with Crippen molar-refractivity contribution in [3.05, 3.63) is 76.9 Å². The van der Waals surface area contributed by atoms with Gasteiger partial charge in [0, 0.05) is 0 Å². The molecule has 0 nitrogen and oxygen atoms in total. The van der Waals surface area contributed by atoms with Gasteiger partial charge in [0.1, 0.15) is 0 Å². The van der Waals surface area contributed by atoms with E-state index in [-0.39, 0.29) is 0 Å². The summed E-state index contributed by atoms with van der Waals surface area (Å²) in [6.07, 6.45) is 1.08. The van der Waals surface area contributed by atoms with Gasteiger partial charge in [0.2, 0.25) is 0 Å². The van der Waals surface area contributed by atoms with Gasteiger partial charge in [-0.2, -0.15) is 0 Å². The van der Waals surface area contributed by atoms with Crippen molar-refractivity contribution in [2.24, 2.45) is 0 Å². The molecule has 0 N–H and O–H groups in total. The van der Waals surface area contributed by atoms with E-state index in [0.717, 1.165) is 6.42 Å². The van der Waals surface area contributed by atoms with Gasteiger partial charge in [-0.3, -0.25) is 0 Å². The minimum absolute atomic E-state index is 1.08. The normalized spacial score (nSPS) is 12.2. The molecule has 0 saturated heterocycles. The van der Waals surface area contributed by atoms with E-state index < -0.39 is 0 Å². The lowest BCUT2D eigenvalue weighted by atomic mass is 9.92. The van der Waals surface area contributed by atoms with Crippen LogP contribution in [0.25, 0.3) is 5.57 Å². The van der Waals surface area contributed by atoms with Crippen LogP contribution < -0.4 is 0 Å². The highest BCUT2D eigenvalue weighted by Crippen LogP contribution is 2.28. The minimum Gasteiger partial charge on any atom is -0.0651 e. The van der Waals surface area contributed by atoms with Gasteiger partial charge < -0.3 is 0 Å². The van der Waals surface area contributed by atoms with Crippen molar-refractivity contribution in [1.82, 2.24) is 0 Å². The topological polar surface area (TPSA) is 0 Å². The van der Waals surface area contributed by atoms with Gasteiger partial charge in [0.15, 0.2) is 0 Å². The summed E-state index contributed by atoms with van der Waals surface area (Å²) in [6, 6.07) is 19.4. The summed E-state index contributed by atoms with van der Waals surface area (Å²) in [7, 11) is 0. The monoisotopic (exact) mass is 236 g/mol. The first kappa shape index (κ1) is 12.6. The van der Waals surface area contributed by atoms with Crippen molar-refractivity contribution in [2.75, 3.05) is 0 Å². The number of hydrogen-bond donors (Lipinski definition) is 0. The van der Waals surface area contributed by atoms with E-state index in [0.29, 0.717) is 0 Å². The van der Waals surface area contributed by atoms with Crippen LogP contribution in [0.2, 0.25) is 0 Å². The Morgan fingerprint density at radius 3 is 2.17 bits per heavy atom. The van der Waals surface area contributed by atoms with Gasteiger partial charge in [-0.05, 0) is 37.0 Å². The number of aryl methyl sites for hydroxylation is 1. The molecule has 0 amide bonds. The Balaban J connectivity index is 2.59. The van der Waals surface area contributed by atoms with Crippen molar-refractivity contribution in [3.63, 3.8) is 0 Å². The van der Waals surface area contributed by atoms with Crippen LogP contribution in [0.15, 0.2) is 60.2 Å². The maximum absolute atomic E-state index is 2.27. The Labute approximate surface area is 110 Å². The maximum atomic E-state index is 2.27. The van der Waals surface area contributed by atoms with Crippen LogP contribution in [0.3, 0.4) is 0 Å². The molecule has 2 rings (SSSR count). The molecule has 0 aliphatic rings. The summed E-state index contributed by atoms with van der Waals surface area (Å²) in [5, 5.41) is 0. The fourth-order valence-corrected chi connectivity index (χ4v) is 2.24. The first-order valence-electron chi connectivity index (χ1n) is 6.54. The molecule has 18 heavy (non-hydrogen) atoms. The lowest BCUT2D eigenvalue weighted by Gasteiger charge is -2.13. The molecule has 2 aromatic rings. The van der Waals surface area contributed by atoms with Crippen LogP contribution in [0.4, 0.5) is 0 Å². The molecule has 0 aliphatic heterocycles. The van der Waals surface area contributed by atoms with Crippen LogP contribution in [0.5, 0.6) is 0 Å². The molecule has 2 aromatic carbocycles. The summed E-state index contributed by atoms with van der Waals surface area (Å²) >= 11 is 0. The van der Waals surface area contributed by atoms with Crippen molar-refractivity contribution < 1.29 is 0 Å². The highest BCUT2D eigenvalue weighted by Gasteiger charge is 2.07. The molecule has 92 valence electrons. The molecular weight excluding hydrogens is 216 g/mol. The van der Waals surface area contributed by atoms with Gasteiger partial charge in [-0.1, -0.05) is 72.7 Å². The molecule has 0 heteroatoms. The number of rotatable bonds is 3. The highest BCUT2D eigenvalue weighted by atomic mass is 14.1. The summed E-state index contributed by atoms with van der Waals surface area (Å²) in [5.41, 5.74) is 6.75. The third-order valence-electron chi connectivity index (χ3n) is 3.33. The van der Waals surface area contributed by atoms with E-state index >= 15 is 0 Å². The van der Waals surface area contributed by atoms with Gasteiger partial charge in [0.25, 0.3) is 0 Å². The molecule has 0 aliphatic carbocycles. The van der Waals surface area contributed by atoms with Gasteiger partial charge in [0.05, 0.1) is 0 Å². The van der Waals surface area contributed by atoms with Gasteiger partial charge in [-0.25, -0.2) is 0 Å². The van der Waals surface area contributed by atoms with E-state index in [1.54, 1.807) is 0 Å². The van der Waals surface area contributed by atoms with Crippen molar-refractivity contribution in [1.29, 1.82) is 0 Å². The first-order chi connectivity index (χ1) is 8.72. The Bertz CT molecular complexity index is 547. The lowest BCUT2D eigenvalue weighted by molar-refractivity contribution is 1.10. The van der Waals surface area contributed by atoms with Crippen molar-refractivity contribution in [3.8, 4) is 0 Å². The molecule has 0 spiro atoms. The molecule has 0 radical (unpaired) electrons. The van der Waals surface area contributed by atoms with Gasteiger partial charge in [-0.15, -0.1) is 0 Å². The molecule has 0 aromatic heterocycles. The van der Waals surface area contributed by atoms with Crippen LogP contribution in [-0.2, 0) is 0 Å². The van der Waals surface area contributed by atoms with Crippen LogP contribution in [0.1, 0.15) is 37.0 Å². The lowest BCUT2D eigenvalue weighted by Crippen LogP contribution is -1.92. The second kappa shape index (κ2) is 5.68. The molecule has 0 unspecified atom stereocenters. The largest absolute Gasteiger partial charge is 0.0651 e. The fourth-order valence-electron chi connectivity index (χ4n) is 2.24. The predicted octanol–water partition coefficient (Wildman–Crippen LogP) is 5.23. The van der Waals surface area contributed by atoms with E-state index in [2.05, 4.69) is 75.4 Å². The second-order valence-corrected chi connectivity index (χ2v) is 4.74. The Kier molecular flexibility index (Phi) is 3.99. The average molecular weight is 236 g/mol. The van der Waals surface area contributed by atoms with Crippen LogP contribution in [0, 0.1) is 6.92 Å². The quantitative estimate of drug-likeness (QED) is 0.684. The third kappa shape index (κ3) is 2.70. The van der Waals surface area contributed by atoms with Crippen molar-refractivity contribution in [2.45, 2.75) is 27.2 Å². The second-order valence-electron chi connectivity index (χ2n) is 4.74. The molecule has 0 bridgehead atoms. The summed E-state index contributed by atoms with van der Waals surface area (Å²) in [5.74, 6) is 0. The van der Waals surface area contributed by atoms with E-state index in [1.165, 1.54) is 27.8 Å². The zero-order valence-corrected chi connectivity index (χ0v) is 11.4. The average Bonchev–Trinajstić information content (AvgIpc) is 2.40. The van der Waals surface area contributed by atoms with Gasteiger partial charge >= 0.3 is 0 Å². The Hall–Kier alpha value is -1.82. The number of hydrogen-bond acceptors (Lipinski definition) is 0. The Morgan fingerprint density at radius 2 is 1.56 bits per heavy atom. The van der Waals surface area contributed by atoms with E-state index in [4.69, 9.17) is 0 Å². The molecule has 0 saturated carbocycles. The molecular formula is C18H20.